The van der Waals surface area contributed by atoms with E-state index in [-0.39, 0.29) is 71.2 Å². The van der Waals surface area contributed by atoms with Crippen molar-refractivity contribution in [2.45, 2.75) is 109 Å². The first-order valence-corrected chi connectivity index (χ1v) is 10.4. The van der Waals surface area contributed by atoms with Gasteiger partial charge in [-0.1, -0.05) is 71.1 Å². The van der Waals surface area contributed by atoms with Crippen LogP contribution in [0.5, 0.6) is 0 Å². The van der Waals surface area contributed by atoms with Gasteiger partial charge in [-0.2, -0.15) is 0 Å². The molecule has 0 heterocycles. The maximum atomic E-state index is 10.2. The first-order chi connectivity index (χ1) is 12.5. The van der Waals surface area contributed by atoms with Crippen molar-refractivity contribution in [3.8, 4) is 0 Å². The molecule has 0 aliphatic heterocycles. The van der Waals surface area contributed by atoms with Crippen LogP contribution in [0, 0.1) is 0 Å². The number of aliphatic hydroxyl groups excluding tert-OH is 2. The van der Waals surface area contributed by atoms with Crippen LogP contribution in [0.2, 0.25) is 0 Å². The van der Waals surface area contributed by atoms with Crippen molar-refractivity contribution in [1.82, 2.24) is 0 Å². The number of hydrogen-bond acceptors (Lipinski definition) is 5. The van der Waals surface area contributed by atoms with Crippen molar-refractivity contribution in [2.24, 2.45) is 11.5 Å². The minimum Gasteiger partial charge on any atom is -1.00 e. The Kier molecular flexibility index (Phi) is 45.8. The van der Waals surface area contributed by atoms with E-state index >= 15 is 0 Å². The summed E-state index contributed by atoms with van der Waals surface area (Å²) in [6, 6.07) is 0.562. The Labute approximate surface area is 205 Å². The summed E-state index contributed by atoms with van der Waals surface area (Å²) in [4.78, 5) is 10.2. The number of aliphatic hydroxyl groups is 2. The third-order valence-electron chi connectivity index (χ3n) is 4.47. The van der Waals surface area contributed by atoms with E-state index in [1.807, 2.05) is 0 Å². The van der Waals surface area contributed by atoms with E-state index in [0.29, 0.717) is 6.42 Å². The Bertz CT molecular complexity index is 296. The molecular formula is C20H44Cl2N2O4Pt+2. The van der Waals surface area contributed by atoms with Crippen LogP contribution in [0.1, 0.15) is 96.8 Å². The monoisotopic (exact) mass is 641 g/mol. The van der Waals surface area contributed by atoms with Crippen molar-refractivity contribution in [3.05, 3.63) is 0 Å². The zero-order chi connectivity index (χ0) is 20.0. The summed E-state index contributed by atoms with van der Waals surface area (Å²) in [5, 5.41) is 23.7. The van der Waals surface area contributed by atoms with E-state index in [1.54, 1.807) is 0 Å². The van der Waals surface area contributed by atoms with Gasteiger partial charge in [0, 0.05) is 18.5 Å². The number of aliphatic carboxylic acids is 1. The van der Waals surface area contributed by atoms with Gasteiger partial charge >= 0.3 is 27.0 Å². The molecule has 0 aromatic heterocycles. The minimum atomic E-state index is -0.659. The van der Waals surface area contributed by atoms with Gasteiger partial charge in [0.05, 0.1) is 13.2 Å². The van der Waals surface area contributed by atoms with E-state index in [0.717, 1.165) is 25.7 Å². The second kappa shape index (κ2) is 33.2. The Morgan fingerprint density at radius 2 is 1.14 bits per heavy atom. The fourth-order valence-electron chi connectivity index (χ4n) is 2.78. The van der Waals surface area contributed by atoms with Gasteiger partial charge in [-0.25, -0.2) is 0 Å². The number of halogens is 2. The number of carboxylic acid groups (broad SMARTS) is 1. The molecule has 1 aliphatic rings. The quantitative estimate of drug-likeness (QED) is 0.155. The maximum Gasteiger partial charge on any atom is 4.00 e. The zero-order valence-corrected chi connectivity index (χ0v) is 21.7. The molecule has 0 aromatic rings. The Morgan fingerprint density at radius 3 is 1.41 bits per heavy atom. The topological polar surface area (TPSA) is 130 Å². The predicted molar refractivity (Wildman–Crippen MR) is 108 cm³/mol. The van der Waals surface area contributed by atoms with Crippen LogP contribution in [0.4, 0.5) is 0 Å². The summed E-state index contributed by atoms with van der Waals surface area (Å²) >= 11 is 0. The van der Waals surface area contributed by atoms with Gasteiger partial charge < -0.3 is 51.6 Å². The molecule has 0 radical (unpaired) electrons. The number of carbonyl (C=O) groups is 1. The molecule has 2 atom stereocenters. The molecule has 1 rings (SSSR count). The second-order valence-electron chi connectivity index (χ2n) is 7.03. The van der Waals surface area contributed by atoms with Gasteiger partial charge in [0.2, 0.25) is 0 Å². The molecule has 180 valence electrons. The summed E-state index contributed by atoms with van der Waals surface area (Å²) in [6.45, 7) is 1.98. The molecule has 0 bridgehead atoms. The number of hydrogen-bond donors (Lipinski definition) is 5. The van der Waals surface area contributed by atoms with Crippen LogP contribution < -0.4 is 36.3 Å². The molecular weight excluding hydrogens is 598 g/mol. The van der Waals surface area contributed by atoms with Gasteiger partial charge in [-0.3, -0.25) is 4.79 Å². The van der Waals surface area contributed by atoms with E-state index in [1.165, 1.54) is 57.8 Å². The molecule has 29 heavy (non-hydrogen) atoms. The van der Waals surface area contributed by atoms with Crippen molar-refractivity contribution in [2.75, 3.05) is 13.2 Å². The van der Waals surface area contributed by atoms with Crippen molar-refractivity contribution in [1.29, 1.82) is 0 Å². The Morgan fingerprint density at radius 1 is 0.793 bits per heavy atom. The summed E-state index contributed by atoms with van der Waals surface area (Å²) in [7, 11) is 0. The number of nitrogens with two attached hydrogens (primary N) is 2. The van der Waals surface area contributed by atoms with Crippen molar-refractivity contribution < 1.29 is 66.0 Å². The number of unbranched alkanes of at least 4 members (excludes halogenated alkanes) is 8. The maximum absolute atomic E-state index is 10.2. The summed E-state index contributed by atoms with van der Waals surface area (Å²) < 4.78 is 0. The molecule has 9 heteroatoms. The van der Waals surface area contributed by atoms with Crippen LogP contribution in [0.15, 0.2) is 0 Å². The molecule has 0 saturated heterocycles. The molecule has 0 aromatic carbocycles. The normalized spacial score (nSPS) is 17.0. The molecule has 6 nitrogen and oxygen atoms in total. The van der Waals surface area contributed by atoms with Gasteiger partial charge in [-0.15, -0.1) is 0 Å². The van der Waals surface area contributed by atoms with Crippen LogP contribution in [-0.4, -0.2) is 46.6 Å². The van der Waals surface area contributed by atoms with Crippen LogP contribution in [0.3, 0.4) is 0 Å². The summed E-state index contributed by atoms with van der Waals surface area (Å²) in [5.41, 5.74) is 11.3. The van der Waals surface area contributed by atoms with E-state index in [2.05, 4.69) is 6.92 Å². The molecule has 0 spiro atoms. The van der Waals surface area contributed by atoms with E-state index in [9.17, 15) is 4.79 Å². The van der Waals surface area contributed by atoms with Gasteiger partial charge in [0.15, 0.2) is 0 Å². The summed E-state index contributed by atoms with van der Waals surface area (Å²) in [5.74, 6) is -0.659. The Hall–Kier alpha value is 0.578. The molecule has 1 fully saturated rings. The fourth-order valence-corrected chi connectivity index (χ4v) is 2.78. The van der Waals surface area contributed by atoms with Crippen LogP contribution in [-0.2, 0) is 25.9 Å². The summed E-state index contributed by atoms with van der Waals surface area (Å²) in [6.07, 6.45) is 16.3. The number of carboxylic acids is 1. The van der Waals surface area contributed by atoms with Crippen LogP contribution >= 0.6 is 0 Å². The average Bonchev–Trinajstić information content (AvgIpc) is 2.63. The van der Waals surface area contributed by atoms with Gasteiger partial charge in [-0.05, 0) is 19.3 Å². The smallest absolute Gasteiger partial charge is 1.00 e. The second-order valence-corrected chi connectivity index (χ2v) is 7.03. The largest absolute Gasteiger partial charge is 4.00 e. The van der Waals surface area contributed by atoms with E-state index < -0.39 is 5.97 Å². The SMILES string of the molecule is CCCCCCCCCCCC(=O)O.N[C@@H]1CCCC[C@H]1N.OCCO.[Cl-].[Cl-].[Pt+4]. The molecule has 0 amide bonds. The zero-order valence-electron chi connectivity index (χ0n) is 17.9. The Balaban J connectivity index is -0.000000109. The standard InChI is InChI=1S/C12H24O2.C6H14N2.C2H6O2.2ClH.Pt/c1-2-3-4-5-6-7-8-9-10-11-12(13)14;7-5-3-1-2-4-6(5)8;3-1-2-4;;;/h2-11H2,1H3,(H,13,14);5-6H,1-4,7-8H2;3-4H,1-2H2;2*1H;/q;;;;;+4/p-2/t;5-,6-;;;;/m.1..../s1. The predicted octanol–water partition coefficient (Wildman–Crippen LogP) is -2.82. The van der Waals surface area contributed by atoms with Crippen LogP contribution in [0.25, 0.3) is 0 Å². The molecule has 1 saturated carbocycles. The minimum absolute atomic E-state index is 0. The van der Waals surface area contributed by atoms with E-state index in [4.69, 9.17) is 26.8 Å². The molecule has 1 aliphatic carbocycles. The van der Waals surface area contributed by atoms with Gasteiger partial charge in [0.1, 0.15) is 0 Å². The third kappa shape index (κ3) is 36.3. The van der Waals surface area contributed by atoms with Crippen molar-refractivity contribution in [3.63, 3.8) is 0 Å². The van der Waals surface area contributed by atoms with Crippen molar-refractivity contribution >= 4 is 5.97 Å². The molecule has 7 N–H and O–H groups in total. The first kappa shape index (κ1) is 40.0. The number of rotatable bonds is 11. The third-order valence-corrected chi connectivity index (χ3v) is 4.47. The molecule has 0 unspecified atom stereocenters. The average molecular weight is 643 g/mol. The fraction of sp³-hybridized carbons (Fsp3) is 0.950. The van der Waals surface area contributed by atoms with Gasteiger partial charge in [0.25, 0.3) is 0 Å². The first-order valence-electron chi connectivity index (χ1n) is 10.4.